The summed E-state index contributed by atoms with van der Waals surface area (Å²) in [7, 11) is 0. The lowest BCUT2D eigenvalue weighted by Crippen LogP contribution is -2.40. The number of carboxylic acids is 1. The van der Waals surface area contributed by atoms with Crippen molar-refractivity contribution in [3.05, 3.63) is 58.5 Å². The van der Waals surface area contributed by atoms with Crippen molar-refractivity contribution in [1.29, 1.82) is 0 Å². The fourth-order valence-electron chi connectivity index (χ4n) is 3.03. The van der Waals surface area contributed by atoms with Gasteiger partial charge in [0.05, 0.1) is 6.04 Å². The molecule has 1 aromatic heterocycles. The number of carbonyl (C=O) groups is 2. The lowest BCUT2D eigenvalue weighted by Gasteiger charge is -2.35. The molecule has 6 heteroatoms. The van der Waals surface area contributed by atoms with E-state index in [0.29, 0.717) is 18.7 Å². The zero-order valence-corrected chi connectivity index (χ0v) is 15.1. The molecule has 0 bridgehead atoms. The maximum atomic E-state index is 13.0. The molecule has 1 fully saturated rings. The highest BCUT2D eigenvalue weighted by molar-refractivity contribution is 7.99. The molecule has 1 aromatic carbocycles. The van der Waals surface area contributed by atoms with Crippen LogP contribution in [-0.4, -0.2) is 39.9 Å². The van der Waals surface area contributed by atoms with Gasteiger partial charge in [-0.2, -0.15) is 11.8 Å². The SMILES string of the molecule is CCc1oc(C(=O)N2CCSCC2c2ccc(C)cc2)cc1C(=O)O. The third kappa shape index (κ3) is 3.58. The molecular weight excluding hydrogens is 338 g/mol. The van der Waals surface area contributed by atoms with Gasteiger partial charge < -0.3 is 14.4 Å². The predicted molar refractivity (Wildman–Crippen MR) is 97.3 cm³/mol. The van der Waals surface area contributed by atoms with Crippen LogP contribution in [0.15, 0.2) is 34.7 Å². The van der Waals surface area contributed by atoms with Crippen LogP contribution in [0.2, 0.25) is 0 Å². The van der Waals surface area contributed by atoms with E-state index >= 15 is 0 Å². The van der Waals surface area contributed by atoms with Crippen molar-refractivity contribution in [2.24, 2.45) is 0 Å². The van der Waals surface area contributed by atoms with Gasteiger partial charge in [0, 0.05) is 30.5 Å². The Bertz CT molecular complexity index is 781. The number of carbonyl (C=O) groups excluding carboxylic acids is 1. The molecule has 1 saturated heterocycles. The highest BCUT2D eigenvalue weighted by Crippen LogP contribution is 2.31. The number of benzene rings is 1. The maximum Gasteiger partial charge on any atom is 0.339 e. The first-order chi connectivity index (χ1) is 12.0. The number of hydrogen-bond acceptors (Lipinski definition) is 4. The number of aromatic carboxylic acids is 1. The van der Waals surface area contributed by atoms with Crippen molar-refractivity contribution < 1.29 is 19.1 Å². The number of amides is 1. The van der Waals surface area contributed by atoms with Gasteiger partial charge in [0.15, 0.2) is 5.76 Å². The first-order valence-electron chi connectivity index (χ1n) is 8.32. The van der Waals surface area contributed by atoms with Crippen molar-refractivity contribution in [1.82, 2.24) is 4.90 Å². The second-order valence-electron chi connectivity index (χ2n) is 6.11. The fourth-order valence-corrected chi connectivity index (χ4v) is 4.12. The summed E-state index contributed by atoms with van der Waals surface area (Å²) in [6, 6.07) is 9.51. The zero-order valence-electron chi connectivity index (χ0n) is 14.3. The average molecular weight is 359 g/mol. The highest BCUT2D eigenvalue weighted by atomic mass is 32.2. The van der Waals surface area contributed by atoms with Crippen LogP contribution in [0.5, 0.6) is 0 Å². The monoisotopic (exact) mass is 359 g/mol. The molecule has 0 spiro atoms. The Morgan fingerprint density at radius 1 is 1.32 bits per heavy atom. The number of rotatable bonds is 4. The molecule has 2 aromatic rings. The molecule has 0 radical (unpaired) electrons. The molecule has 2 heterocycles. The van der Waals surface area contributed by atoms with Crippen molar-refractivity contribution >= 4 is 23.6 Å². The summed E-state index contributed by atoms with van der Waals surface area (Å²) in [5.74, 6) is 0.827. The van der Waals surface area contributed by atoms with Crippen LogP contribution in [0.1, 0.15) is 50.8 Å². The number of carboxylic acid groups (broad SMARTS) is 1. The molecule has 0 aliphatic carbocycles. The van der Waals surface area contributed by atoms with Crippen LogP contribution in [-0.2, 0) is 6.42 Å². The maximum absolute atomic E-state index is 13.0. The first-order valence-corrected chi connectivity index (χ1v) is 9.48. The van der Waals surface area contributed by atoms with Crippen LogP contribution < -0.4 is 0 Å². The van der Waals surface area contributed by atoms with Gasteiger partial charge in [-0.15, -0.1) is 0 Å². The zero-order chi connectivity index (χ0) is 18.0. The third-order valence-electron chi connectivity index (χ3n) is 4.42. The largest absolute Gasteiger partial charge is 0.478 e. The van der Waals surface area contributed by atoms with Gasteiger partial charge in [-0.1, -0.05) is 36.8 Å². The van der Waals surface area contributed by atoms with E-state index in [9.17, 15) is 14.7 Å². The van der Waals surface area contributed by atoms with Crippen LogP contribution in [0, 0.1) is 6.92 Å². The fraction of sp³-hybridized carbons (Fsp3) is 0.368. The molecule has 1 aliphatic heterocycles. The van der Waals surface area contributed by atoms with Crippen molar-refractivity contribution in [2.45, 2.75) is 26.3 Å². The van der Waals surface area contributed by atoms with Crippen molar-refractivity contribution in [3.8, 4) is 0 Å². The number of hydrogen-bond donors (Lipinski definition) is 1. The van der Waals surface area contributed by atoms with Gasteiger partial charge in [-0.25, -0.2) is 4.79 Å². The summed E-state index contributed by atoms with van der Waals surface area (Å²) in [5, 5.41) is 9.27. The smallest absolute Gasteiger partial charge is 0.339 e. The van der Waals surface area contributed by atoms with E-state index in [1.54, 1.807) is 4.90 Å². The van der Waals surface area contributed by atoms with E-state index in [2.05, 4.69) is 12.1 Å². The van der Waals surface area contributed by atoms with E-state index in [-0.39, 0.29) is 23.3 Å². The Kier molecular flexibility index (Phi) is 5.18. The van der Waals surface area contributed by atoms with E-state index in [1.165, 1.54) is 11.6 Å². The Morgan fingerprint density at radius 2 is 2.04 bits per heavy atom. The van der Waals surface area contributed by atoms with E-state index in [4.69, 9.17) is 4.42 Å². The quantitative estimate of drug-likeness (QED) is 0.899. The van der Waals surface area contributed by atoms with Gasteiger partial charge in [-0.3, -0.25) is 4.79 Å². The number of nitrogens with zero attached hydrogens (tertiary/aromatic N) is 1. The summed E-state index contributed by atoms with van der Waals surface area (Å²) < 4.78 is 5.56. The van der Waals surface area contributed by atoms with Crippen LogP contribution >= 0.6 is 11.8 Å². The second-order valence-corrected chi connectivity index (χ2v) is 7.26. The van der Waals surface area contributed by atoms with Gasteiger partial charge in [-0.05, 0) is 12.5 Å². The molecule has 25 heavy (non-hydrogen) atoms. The third-order valence-corrected chi connectivity index (χ3v) is 5.45. The Balaban J connectivity index is 1.91. The van der Waals surface area contributed by atoms with Crippen molar-refractivity contribution in [3.63, 3.8) is 0 Å². The molecule has 1 amide bonds. The molecule has 1 aliphatic rings. The minimum absolute atomic E-state index is 0.0321. The van der Waals surface area contributed by atoms with Gasteiger partial charge >= 0.3 is 5.97 Å². The minimum atomic E-state index is -1.07. The Labute approximate surface area is 151 Å². The molecule has 3 rings (SSSR count). The Hall–Kier alpha value is -2.21. The second kappa shape index (κ2) is 7.35. The number of thioether (sulfide) groups is 1. The summed E-state index contributed by atoms with van der Waals surface area (Å²) in [6.07, 6.45) is 0.437. The van der Waals surface area contributed by atoms with Gasteiger partial charge in [0.1, 0.15) is 11.3 Å². The summed E-state index contributed by atoms with van der Waals surface area (Å²) in [6.45, 7) is 4.46. The molecule has 5 nitrogen and oxygen atoms in total. The lowest BCUT2D eigenvalue weighted by molar-refractivity contribution is 0.0663. The first kappa shape index (κ1) is 17.6. The lowest BCUT2D eigenvalue weighted by atomic mass is 10.0. The normalized spacial score (nSPS) is 17.5. The molecule has 0 saturated carbocycles. The highest BCUT2D eigenvalue weighted by Gasteiger charge is 2.32. The standard InChI is InChI=1S/C19H21NO4S/c1-3-16-14(19(22)23)10-17(24-16)18(21)20-8-9-25-11-15(20)13-6-4-12(2)5-7-13/h4-7,10,15H,3,8-9,11H2,1-2H3,(H,22,23). The summed E-state index contributed by atoms with van der Waals surface area (Å²) in [4.78, 5) is 26.1. The molecule has 132 valence electrons. The van der Waals surface area contributed by atoms with Crippen LogP contribution in [0.3, 0.4) is 0 Å². The average Bonchev–Trinajstić information content (AvgIpc) is 3.06. The Morgan fingerprint density at radius 3 is 2.64 bits per heavy atom. The molecular formula is C19H21NO4S. The van der Waals surface area contributed by atoms with Crippen LogP contribution in [0.4, 0.5) is 0 Å². The van der Waals surface area contributed by atoms with E-state index < -0.39 is 5.97 Å². The summed E-state index contributed by atoms with van der Waals surface area (Å²) in [5.41, 5.74) is 2.34. The molecule has 1 atom stereocenters. The van der Waals surface area contributed by atoms with Crippen molar-refractivity contribution in [2.75, 3.05) is 18.1 Å². The predicted octanol–water partition coefficient (Wildman–Crippen LogP) is 3.78. The summed E-state index contributed by atoms with van der Waals surface area (Å²) >= 11 is 1.82. The van der Waals surface area contributed by atoms with Gasteiger partial charge in [0.2, 0.25) is 0 Å². The number of aryl methyl sites for hydroxylation is 2. The minimum Gasteiger partial charge on any atom is -0.478 e. The molecule has 1 unspecified atom stereocenters. The van der Waals surface area contributed by atoms with Crippen LogP contribution in [0.25, 0.3) is 0 Å². The van der Waals surface area contributed by atoms with E-state index in [1.807, 2.05) is 37.7 Å². The molecule has 1 N–H and O–H groups in total. The van der Waals surface area contributed by atoms with E-state index in [0.717, 1.165) is 17.1 Å². The van der Waals surface area contributed by atoms with Gasteiger partial charge in [0.25, 0.3) is 5.91 Å². The topological polar surface area (TPSA) is 70.8 Å². The number of furan rings is 1.